The third-order valence-corrected chi connectivity index (χ3v) is 26.5. The van der Waals surface area contributed by atoms with E-state index in [2.05, 4.69) is 87.3 Å². The quantitative estimate of drug-likeness (QED) is 0.0743. The fraction of sp³-hybridized carbons (Fsp3) is 0.619. The molecule has 6 rings (SSSR count). The first-order valence-corrected chi connectivity index (χ1v) is 28.4. The second kappa shape index (κ2) is 16.1. The van der Waals surface area contributed by atoms with E-state index < -0.39 is 19.9 Å². The number of hydrogen-bond donors (Lipinski definition) is 0. The van der Waals surface area contributed by atoms with Gasteiger partial charge < -0.3 is 0 Å². The van der Waals surface area contributed by atoms with Gasteiger partial charge in [0.2, 0.25) is 0 Å². The first-order chi connectivity index (χ1) is 24.3. The third-order valence-electron chi connectivity index (χ3n) is 12.1. The van der Waals surface area contributed by atoms with E-state index >= 15 is 4.89 Å². The van der Waals surface area contributed by atoms with Crippen LogP contribution in [0.4, 0.5) is 0 Å². The fourth-order valence-corrected chi connectivity index (χ4v) is 25.9. The molecule has 2 aliphatic carbocycles. The standard InChI is InChI=1S/C42H62O2P2S4/c1-7-13-23-45(24-14-8-2,25-15-9-3)42(35-21-31-49-39(35)40-36(42)22-32-50-40)41(33-19-29-47-37(33)38-34(41)20-30-48-38)44-46(43,26-16-10-4,27-17-11-5)28-18-12-6/h19-22,29-32H,7-18,23-28H2,1-6H3. The zero-order valence-electron chi connectivity index (χ0n) is 31.7. The van der Waals surface area contributed by atoms with Crippen LogP contribution < -0.4 is 4.89 Å². The summed E-state index contributed by atoms with van der Waals surface area (Å²) in [6, 6.07) is 9.91. The van der Waals surface area contributed by atoms with Crippen LogP contribution in [0.3, 0.4) is 0 Å². The van der Waals surface area contributed by atoms with Gasteiger partial charge >= 0.3 is 323 Å². The molecule has 0 aromatic carbocycles. The van der Waals surface area contributed by atoms with Crippen molar-refractivity contribution in [3.8, 4) is 19.5 Å². The number of hydrogen-bond acceptors (Lipinski definition) is 6. The van der Waals surface area contributed by atoms with E-state index in [1.165, 1.54) is 98.8 Å². The van der Waals surface area contributed by atoms with Crippen LogP contribution >= 0.6 is 59.7 Å². The van der Waals surface area contributed by atoms with Crippen molar-refractivity contribution in [1.29, 1.82) is 0 Å². The molecule has 0 N–H and O–H groups in total. The van der Waals surface area contributed by atoms with Crippen molar-refractivity contribution in [2.75, 3.05) is 37.0 Å². The summed E-state index contributed by atoms with van der Waals surface area (Å²) in [6.45, 7) is 14.0. The summed E-state index contributed by atoms with van der Waals surface area (Å²) in [7, 11) is -5.92. The van der Waals surface area contributed by atoms with Crippen molar-refractivity contribution < 1.29 is 9.42 Å². The van der Waals surface area contributed by atoms with Gasteiger partial charge in [0.25, 0.3) is 0 Å². The zero-order chi connectivity index (χ0) is 35.5. The van der Waals surface area contributed by atoms with E-state index in [0.717, 1.165) is 38.5 Å². The number of unbranched alkanes of at least 4 members (excludes halogenated alkanes) is 6. The molecule has 0 amide bonds. The Balaban J connectivity index is 1.82. The molecule has 0 spiro atoms. The summed E-state index contributed by atoms with van der Waals surface area (Å²) < 4.78 is 8.56. The van der Waals surface area contributed by atoms with Gasteiger partial charge in [-0.2, -0.15) is 0 Å². The summed E-state index contributed by atoms with van der Waals surface area (Å²) in [5.41, 5.74) is 4.89. The molecule has 0 fully saturated rings. The molecule has 8 heteroatoms. The summed E-state index contributed by atoms with van der Waals surface area (Å²) in [6.07, 6.45) is 19.3. The molecule has 0 bridgehead atoms. The summed E-state index contributed by atoms with van der Waals surface area (Å²) in [5.74, 6) is 0. The molecule has 0 saturated heterocycles. The average molecular weight is 789 g/mol. The van der Waals surface area contributed by atoms with Crippen LogP contribution in [0.15, 0.2) is 45.8 Å². The van der Waals surface area contributed by atoms with Crippen molar-refractivity contribution in [2.45, 2.75) is 129 Å². The van der Waals surface area contributed by atoms with Crippen LogP contribution in [-0.2, 0) is 15.3 Å². The Labute approximate surface area is 320 Å². The number of thiophene rings is 4. The van der Waals surface area contributed by atoms with Gasteiger partial charge in [0.15, 0.2) is 0 Å². The van der Waals surface area contributed by atoms with Gasteiger partial charge in [0, 0.05) is 0 Å². The predicted octanol–water partition coefficient (Wildman–Crippen LogP) is 14.7. The maximum atomic E-state index is 17.1. The van der Waals surface area contributed by atoms with Crippen LogP contribution in [0.2, 0.25) is 0 Å². The van der Waals surface area contributed by atoms with Crippen molar-refractivity contribution in [1.82, 2.24) is 0 Å². The Kier molecular flexibility index (Phi) is 12.7. The van der Waals surface area contributed by atoms with Gasteiger partial charge in [-0.3, -0.25) is 0 Å². The number of rotatable bonds is 22. The molecule has 0 aliphatic heterocycles. The Morgan fingerprint density at radius 1 is 0.520 bits per heavy atom. The molecule has 2 aliphatic rings. The van der Waals surface area contributed by atoms with E-state index in [1.807, 2.05) is 45.3 Å². The van der Waals surface area contributed by atoms with Gasteiger partial charge in [0.05, 0.1) is 0 Å². The van der Waals surface area contributed by atoms with E-state index in [4.69, 9.17) is 4.52 Å². The van der Waals surface area contributed by atoms with Gasteiger partial charge in [-0.25, -0.2) is 0 Å². The predicted molar refractivity (Wildman–Crippen MR) is 230 cm³/mol. The molecule has 4 heterocycles. The molecule has 2 nitrogen and oxygen atoms in total. The molecule has 0 unspecified atom stereocenters. The van der Waals surface area contributed by atoms with Gasteiger partial charge in [-0.05, 0) is 0 Å². The van der Waals surface area contributed by atoms with Crippen LogP contribution in [0, 0.1) is 0 Å². The van der Waals surface area contributed by atoms with Crippen molar-refractivity contribution in [3.63, 3.8) is 0 Å². The van der Waals surface area contributed by atoms with E-state index in [9.17, 15) is 0 Å². The fourth-order valence-electron chi connectivity index (χ4n) is 9.71. The summed E-state index contributed by atoms with van der Waals surface area (Å²) in [5, 5.41) is 9.02. The summed E-state index contributed by atoms with van der Waals surface area (Å²) >= 11 is 7.66. The molecule has 276 valence electrons. The molecule has 0 saturated carbocycles. The van der Waals surface area contributed by atoms with Crippen molar-refractivity contribution >= 4 is 59.7 Å². The molecular formula is C42H62O2P2S4. The maximum absolute atomic E-state index is 17.1. The van der Waals surface area contributed by atoms with E-state index in [0.29, 0.717) is 18.5 Å². The molecular weight excluding hydrogens is 727 g/mol. The first kappa shape index (κ1) is 39.3. The van der Waals surface area contributed by atoms with E-state index in [1.54, 1.807) is 0 Å². The molecule has 50 heavy (non-hydrogen) atoms. The van der Waals surface area contributed by atoms with Crippen LogP contribution in [0.5, 0.6) is 0 Å². The Morgan fingerprint density at radius 2 is 0.840 bits per heavy atom. The normalized spacial score (nSPS) is 16.6. The van der Waals surface area contributed by atoms with Crippen LogP contribution in [-0.4, -0.2) is 37.0 Å². The monoisotopic (exact) mass is 788 g/mol. The van der Waals surface area contributed by atoms with E-state index in [-0.39, 0.29) is 5.16 Å². The molecule has 0 atom stereocenters. The second-order valence-corrected chi connectivity index (χ2v) is 27.8. The Hall–Kier alpha value is -0.420. The van der Waals surface area contributed by atoms with Crippen molar-refractivity contribution in [3.05, 3.63) is 68.0 Å². The van der Waals surface area contributed by atoms with Crippen LogP contribution in [0.1, 0.15) is 141 Å². The number of fused-ring (bicyclic) bond motifs is 6. The Bertz CT molecular complexity index is 1570. The van der Waals surface area contributed by atoms with Gasteiger partial charge in [-0.1, -0.05) is 0 Å². The molecule has 0 radical (unpaired) electrons. The van der Waals surface area contributed by atoms with Gasteiger partial charge in [0.1, 0.15) is 0 Å². The SMILES string of the molecule is CCCC[P+](CCCC)(CCCC)C1(C2(OP([O-])(CCCC)(CCCC)CCCC)c3ccsc3-c3sccc32)c2ccsc2-c2sccc21. The minimum absolute atomic E-state index is 0.384. The van der Waals surface area contributed by atoms with Gasteiger partial charge in [-0.15, -0.1) is 0 Å². The topological polar surface area (TPSA) is 32.3 Å². The zero-order valence-corrected chi connectivity index (χ0v) is 36.7. The minimum atomic E-state index is -4.01. The molecule has 4 aromatic heterocycles. The third kappa shape index (κ3) is 6.15. The summed E-state index contributed by atoms with van der Waals surface area (Å²) in [4.78, 5) is 22.8. The first-order valence-electron chi connectivity index (χ1n) is 19.9. The van der Waals surface area contributed by atoms with Crippen LogP contribution in [0.25, 0.3) is 19.5 Å². The second-order valence-electron chi connectivity index (χ2n) is 15.3. The average Bonchev–Trinajstić information content (AvgIpc) is 3.97. The Morgan fingerprint density at radius 3 is 1.18 bits per heavy atom. The molecule has 4 aromatic rings. The van der Waals surface area contributed by atoms with Crippen molar-refractivity contribution in [2.24, 2.45) is 0 Å².